The molecule has 0 saturated carbocycles. The van der Waals surface area contributed by atoms with Gasteiger partial charge in [-0.05, 0) is 37.6 Å². The fourth-order valence-electron chi connectivity index (χ4n) is 2.55. The van der Waals surface area contributed by atoms with Crippen LogP contribution < -0.4 is 10.1 Å². The second-order valence-electron chi connectivity index (χ2n) is 5.92. The van der Waals surface area contributed by atoms with Gasteiger partial charge in [-0.25, -0.2) is 9.97 Å². The van der Waals surface area contributed by atoms with Crippen LogP contribution in [0.1, 0.15) is 18.3 Å². The average molecular weight is 367 g/mol. The molecular weight excluding hydrogens is 346 g/mol. The number of para-hydroxylation sites is 1. The molecule has 134 valence electrons. The Morgan fingerprint density at radius 1 is 1.15 bits per heavy atom. The fraction of sp³-hybridized carbons (Fsp3) is 0.250. The number of amides is 1. The van der Waals surface area contributed by atoms with E-state index < -0.39 is 0 Å². The first-order valence-electron chi connectivity index (χ1n) is 8.37. The van der Waals surface area contributed by atoms with Gasteiger partial charge in [0, 0.05) is 11.9 Å². The van der Waals surface area contributed by atoms with Crippen molar-refractivity contribution in [1.82, 2.24) is 15.3 Å². The number of aromatic nitrogens is 2. The van der Waals surface area contributed by atoms with E-state index in [-0.39, 0.29) is 11.2 Å². The van der Waals surface area contributed by atoms with Crippen molar-refractivity contribution in [1.29, 1.82) is 0 Å². The van der Waals surface area contributed by atoms with Crippen LogP contribution in [0.2, 0.25) is 0 Å². The number of hydrogen-bond acceptors (Lipinski definition) is 5. The SMILES string of the molecule is COc1ccc(CNC(=O)[C@H](C)Sc2nc(C)nc3ccccc23)cc1. The van der Waals surface area contributed by atoms with Crippen molar-refractivity contribution in [3.05, 3.63) is 59.9 Å². The average Bonchev–Trinajstić information content (AvgIpc) is 2.66. The number of nitrogens with zero attached hydrogens (tertiary/aromatic N) is 2. The minimum Gasteiger partial charge on any atom is -0.497 e. The van der Waals surface area contributed by atoms with Gasteiger partial charge in [0.2, 0.25) is 5.91 Å². The molecule has 3 aromatic rings. The summed E-state index contributed by atoms with van der Waals surface area (Å²) in [6.45, 7) is 4.24. The molecule has 0 aliphatic rings. The summed E-state index contributed by atoms with van der Waals surface area (Å²) in [5.41, 5.74) is 1.92. The Labute approximate surface area is 157 Å². The first kappa shape index (κ1) is 18.2. The summed E-state index contributed by atoms with van der Waals surface area (Å²) in [6.07, 6.45) is 0. The Morgan fingerprint density at radius 3 is 2.62 bits per heavy atom. The molecule has 0 radical (unpaired) electrons. The van der Waals surface area contributed by atoms with Crippen LogP contribution in [0.4, 0.5) is 0 Å². The molecule has 5 nitrogen and oxygen atoms in total. The van der Waals surface area contributed by atoms with Gasteiger partial charge >= 0.3 is 0 Å². The zero-order valence-electron chi connectivity index (χ0n) is 15.0. The van der Waals surface area contributed by atoms with E-state index in [1.807, 2.05) is 62.4 Å². The standard InChI is InChI=1S/C20H21N3O2S/c1-13(19(24)21-12-15-8-10-16(25-3)11-9-15)26-20-17-6-4-5-7-18(17)22-14(2)23-20/h4-11,13H,12H2,1-3H3,(H,21,24)/t13-/m0/s1. The number of benzene rings is 2. The molecule has 1 atom stereocenters. The molecule has 1 N–H and O–H groups in total. The Morgan fingerprint density at radius 2 is 1.88 bits per heavy atom. The number of hydrogen-bond donors (Lipinski definition) is 1. The summed E-state index contributed by atoms with van der Waals surface area (Å²) in [7, 11) is 1.63. The van der Waals surface area contributed by atoms with E-state index in [1.54, 1.807) is 7.11 Å². The highest BCUT2D eigenvalue weighted by atomic mass is 32.2. The van der Waals surface area contributed by atoms with Crippen molar-refractivity contribution in [3.8, 4) is 5.75 Å². The molecule has 0 aliphatic heterocycles. The lowest BCUT2D eigenvalue weighted by Crippen LogP contribution is -2.30. The van der Waals surface area contributed by atoms with Crippen LogP contribution in [0, 0.1) is 6.92 Å². The van der Waals surface area contributed by atoms with Crippen LogP contribution in [-0.4, -0.2) is 28.2 Å². The van der Waals surface area contributed by atoms with Crippen molar-refractivity contribution in [2.24, 2.45) is 0 Å². The number of ether oxygens (including phenoxy) is 1. The molecule has 0 saturated heterocycles. The number of carbonyl (C=O) groups is 1. The number of carbonyl (C=O) groups excluding carboxylic acids is 1. The van der Waals surface area contributed by atoms with E-state index in [4.69, 9.17) is 4.74 Å². The molecule has 6 heteroatoms. The fourth-order valence-corrected chi connectivity index (χ4v) is 3.56. The highest BCUT2D eigenvalue weighted by molar-refractivity contribution is 8.00. The highest BCUT2D eigenvalue weighted by Crippen LogP contribution is 2.28. The van der Waals surface area contributed by atoms with Gasteiger partial charge in [0.25, 0.3) is 0 Å². The molecular formula is C20H21N3O2S. The molecule has 0 unspecified atom stereocenters. The van der Waals surface area contributed by atoms with Crippen molar-refractivity contribution in [2.45, 2.75) is 30.7 Å². The van der Waals surface area contributed by atoms with E-state index in [0.717, 1.165) is 27.2 Å². The van der Waals surface area contributed by atoms with Gasteiger partial charge in [-0.2, -0.15) is 0 Å². The Bertz CT molecular complexity index is 913. The van der Waals surface area contributed by atoms with Gasteiger partial charge in [0.15, 0.2) is 0 Å². The molecule has 26 heavy (non-hydrogen) atoms. The van der Waals surface area contributed by atoms with Crippen LogP contribution in [-0.2, 0) is 11.3 Å². The molecule has 1 amide bonds. The van der Waals surface area contributed by atoms with E-state index in [2.05, 4.69) is 15.3 Å². The maximum Gasteiger partial charge on any atom is 0.233 e. The van der Waals surface area contributed by atoms with Crippen LogP contribution in [0.3, 0.4) is 0 Å². The van der Waals surface area contributed by atoms with Crippen LogP contribution in [0.25, 0.3) is 10.9 Å². The molecule has 0 fully saturated rings. The van der Waals surface area contributed by atoms with E-state index in [0.29, 0.717) is 12.4 Å². The topological polar surface area (TPSA) is 64.1 Å². The monoisotopic (exact) mass is 367 g/mol. The highest BCUT2D eigenvalue weighted by Gasteiger charge is 2.17. The zero-order chi connectivity index (χ0) is 18.5. The quantitative estimate of drug-likeness (QED) is 0.531. The van der Waals surface area contributed by atoms with Crippen LogP contribution in [0.15, 0.2) is 53.6 Å². The molecule has 0 spiro atoms. The summed E-state index contributed by atoms with van der Waals surface area (Å²) >= 11 is 1.45. The number of nitrogens with one attached hydrogen (secondary N) is 1. The maximum absolute atomic E-state index is 12.5. The number of fused-ring (bicyclic) bond motifs is 1. The van der Waals surface area contributed by atoms with Crippen LogP contribution >= 0.6 is 11.8 Å². The molecule has 0 bridgehead atoms. The number of aryl methyl sites for hydroxylation is 1. The van der Waals surface area contributed by atoms with Crippen molar-refractivity contribution in [3.63, 3.8) is 0 Å². The Kier molecular flexibility index (Phi) is 5.73. The van der Waals surface area contributed by atoms with Gasteiger partial charge < -0.3 is 10.1 Å². The first-order chi connectivity index (χ1) is 12.6. The summed E-state index contributed by atoms with van der Waals surface area (Å²) in [4.78, 5) is 21.4. The summed E-state index contributed by atoms with van der Waals surface area (Å²) < 4.78 is 5.14. The van der Waals surface area contributed by atoms with Gasteiger partial charge in [0.1, 0.15) is 16.6 Å². The molecule has 1 aromatic heterocycles. The van der Waals surface area contributed by atoms with Gasteiger partial charge in [0.05, 0.1) is 17.9 Å². The van der Waals surface area contributed by atoms with Gasteiger partial charge in [-0.1, -0.05) is 42.1 Å². The van der Waals surface area contributed by atoms with E-state index >= 15 is 0 Å². The lowest BCUT2D eigenvalue weighted by atomic mass is 10.2. The van der Waals surface area contributed by atoms with Crippen LogP contribution in [0.5, 0.6) is 5.75 Å². The zero-order valence-corrected chi connectivity index (χ0v) is 15.8. The largest absolute Gasteiger partial charge is 0.497 e. The second-order valence-corrected chi connectivity index (χ2v) is 7.25. The number of rotatable bonds is 6. The first-order valence-corrected chi connectivity index (χ1v) is 9.25. The molecule has 2 aromatic carbocycles. The normalized spacial score (nSPS) is 12.0. The minimum atomic E-state index is -0.258. The van der Waals surface area contributed by atoms with Gasteiger partial charge in [-0.3, -0.25) is 4.79 Å². The lowest BCUT2D eigenvalue weighted by molar-refractivity contribution is -0.120. The summed E-state index contributed by atoms with van der Waals surface area (Å²) in [5.74, 6) is 1.48. The summed E-state index contributed by atoms with van der Waals surface area (Å²) in [6, 6.07) is 15.5. The minimum absolute atomic E-state index is 0.0221. The van der Waals surface area contributed by atoms with Crippen molar-refractivity contribution < 1.29 is 9.53 Å². The predicted octanol–water partition coefficient (Wildman–Crippen LogP) is 3.74. The summed E-state index contributed by atoms with van der Waals surface area (Å²) in [5, 5.41) is 4.52. The Balaban J connectivity index is 1.65. The predicted molar refractivity (Wildman–Crippen MR) is 104 cm³/mol. The van der Waals surface area contributed by atoms with E-state index in [1.165, 1.54) is 11.8 Å². The van der Waals surface area contributed by atoms with Gasteiger partial charge in [-0.15, -0.1) is 0 Å². The second kappa shape index (κ2) is 8.19. The molecule has 0 aliphatic carbocycles. The third-order valence-electron chi connectivity index (χ3n) is 3.96. The van der Waals surface area contributed by atoms with Crippen molar-refractivity contribution >= 4 is 28.6 Å². The Hall–Kier alpha value is -2.60. The number of methoxy groups -OCH3 is 1. The molecule has 3 rings (SSSR count). The maximum atomic E-state index is 12.5. The van der Waals surface area contributed by atoms with Crippen molar-refractivity contribution in [2.75, 3.05) is 7.11 Å². The molecule has 1 heterocycles. The number of thioether (sulfide) groups is 1. The smallest absolute Gasteiger partial charge is 0.233 e. The third kappa shape index (κ3) is 4.32. The third-order valence-corrected chi connectivity index (χ3v) is 5.07. The van der Waals surface area contributed by atoms with E-state index in [9.17, 15) is 4.79 Å². The lowest BCUT2D eigenvalue weighted by Gasteiger charge is -2.13.